The highest BCUT2D eigenvalue weighted by atomic mass is 16.5. The van der Waals surface area contributed by atoms with E-state index in [4.69, 9.17) is 14.3 Å². The summed E-state index contributed by atoms with van der Waals surface area (Å²) in [5.74, 6) is 0.149. The van der Waals surface area contributed by atoms with E-state index >= 15 is 0 Å². The Kier molecular flexibility index (Phi) is 2.88. The summed E-state index contributed by atoms with van der Waals surface area (Å²) in [6, 6.07) is 1.26. The van der Waals surface area contributed by atoms with Gasteiger partial charge >= 0.3 is 0 Å². The summed E-state index contributed by atoms with van der Waals surface area (Å²) in [7, 11) is 1.57. The minimum atomic E-state index is -0.424. The van der Waals surface area contributed by atoms with Crippen LogP contribution in [0.25, 0.3) is 0 Å². The summed E-state index contributed by atoms with van der Waals surface area (Å²) in [6.07, 6.45) is 1.57. The minimum absolute atomic E-state index is 0.365. The van der Waals surface area contributed by atoms with E-state index in [1.807, 2.05) is 0 Å². The van der Waals surface area contributed by atoms with Crippen LogP contribution in [-0.4, -0.2) is 18.8 Å². The van der Waals surface area contributed by atoms with Gasteiger partial charge in [0, 0.05) is 19.6 Å². The predicted molar refractivity (Wildman–Crippen MR) is 42.2 cm³/mol. The summed E-state index contributed by atoms with van der Waals surface area (Å²) in [6.45, 7) is 0.494. The second-order valence-corrected chi connectivity index (χ2v) is 2.34. The number of ether oxygens (including phenoxy) is 1. The molecule has 0 amide bonds. The average Bonchev–Trinajstić information content (AvgIpc) is 2.07. The van der Waals surface area contributed by atoms with Gasteiger partial charge in [0.05, 0.1) is 6.61 Å². The number of methoxy groups -OCH3 is 1. The van der Waals surface area contributed by atoms with Crippen LogP contribution in [0.5, 0.6) is 5.75 Å². The van der Waals surface area contributed by atoms with Crippen molar-refractivity contribution >= 4 is 0 Å². The van der Waals surface area contributed by atoms with E-state index in [9.17, 15) is 4.79 Å². The van der Waals surface area contributed by atoms with Crippen LogP contribution in [0.15, 0.2) is 21.5 Å². The molecule has 0 aliphatic carbocycles. The van der Waals surface area contributed by atoms with E-state index < -0.39 is 5.43 Å². The van der Waals surface area contributed by atoms with Crippen LogP contribution >= 0.6 is 0 Å². The maximum Gasteiger partial charge on any atom is 0.226 e. The second-order valence-electron chi connectivity index (χ2n) is 2.34. The molecule has 0 spiro atoms. The van der Waals surface area contributed by atoms with Crippen molar-refractivity contribution in [3.8, 4) is 5.75 Å². The van der Waals surface area contributed by atoms with Gasteiger partial charge in [0.15, 0.2) is 5.75 Å². The van der Waals surface area contributed by atoms with Crippen molar-refractivity contribution < 1.29 is 14.3 Å². The molecule has 0 aliphatic heterocycles. The zero-order valence-electron chi connectivity index (χ0n) is 6.74. The van der Waals surface area contributed by atoms with Crippen LogP contribution in [0, 0.1) is 0 Å². The number of rotatable bonds is 3. The van der Waals surface area contributed by atoms with Crippen molar-refractivity contribution in [1.82, 2.24) is 0 Å². The van der Waals surface area contributed by atoms with Gasteiger partial charge in [-0.3, -0.25) is 4.79 Å². The molecule has 4 nitrogen and oxygen atoms in total. The Morgan fingerprint density at radius 1 is 1.67 bits per heavy atom. The topological polar surface area (TPSA) is 59.7 Å². The van der Waals surface area contributed by atoms with E-state index in [1.54, 1.807) is 7.11 Å². The molecule has 1 rings (SSSR count). The fourth-order valence-electron chi connectivity index (χ4n) is 0.778. The number of hydrogen-bond acceptors (Lipinski definition) is 4. The smallest absolute Gasteiger partial charge is 0.226 e. The molecule has 12 heavy (non-hydrogen) atoms. The lowest BCUT2D eigenvalue weighted by atomic mass is 10.3. The monoisotopic (exact) mass is 170 g/mol. The van der Waals surface area contributed by atoms with E-state index in [2.05, 4.69) is 0 Å². The fraction of sp³-hybridized carbons (Fsp3) is 0.375. The molecule has 0 saturated carbocycles. The maximum atomic E-state index is 10.9. The Balaban J connectivity index is 2.76. The molecule has 0 fully saturated rings. The van der Waals surface area contributed by atoms with Gasteiger partial charge in [-0.1, -0.05) is 0 Å². The molecule has 0 aliphatic rings. The molecule has 4 heteroatoms. The van der Waals surface area contributed by atoms with E-state index in [0.29, 0.717) is 18.8 Å². The first-order valence-corrected chi connectivity index (χ1v) is 3.53. The van der Waals surface area contributed by atoms with Crippen molar-refractivity contribution in [2.75, 3.05) is 13.7 Å². The van der Waals surface area contributed by atoms with Crippen molar-refractivity contribution in [2.24, 2.45) is 0 Å². The highest BCUT2D eigenvalue weighted by Gasteiger charge is 2.00. The zero-order valence-corrected chi connectivity index (χ0v) is 6.74. The molecule has 0 atom stereocenters. The Hall–Kier alpha value is -1.29. The van der Waals surface area contributed by atoms with Gasteiger partial charge in [-0.05, 0) is 0 Å². The lowest BCUT2D eigenvalue weighted by molar-refractivity contribution is 0.195. The molecule has 1 heterocycles. The van der Waals surface area contributed by atoms with E-state index in [-0.39, 0.29) is 5.75 Å². The predicted octanol–water partition coefficient (Wildman–Crippen LogP) is 0.534. The normalized spacial score (nSPS) is 10.1. The Labute approximate surface area is 69.4 Å². The molecular formula is C8H10O4. The third-order valence-corrected chi connectivity index (χ3v) is 1.42. The van der Waals surface area contributed by atoms with Gasteiger partial charge in [-0.25, -0.2) is 0 Å². The summed E-state index contributed by atoms with van der Waals surface area (Å²) in [5, 5.41) is 8.83. The van der Waals surface area contributed by atoms with Crippen LogP contribution in [-0.2, 0) is 11.2 Å². The molecule has 1 aromatic rings. The van der Waals surface area contributed by atoms with E-state index in [1.165, 1.54) is 6.07 Å². The molecule has 1 N–H and O–H groups in total. The van der Waals surface area contributed by atoms with Crippen LogP contribution in [0.1, 0.15) is 5.76 Å². The van der Waals surface area contributed by atoms with Crippen LogP contribution in [0.4, 0.5) is 0 Å². The molecule has 0 saturated heterocycles. The van der Waals surface area contributed by atoms with Crippen molar-refractivity contribution in [2.45, 2.75) is 6.42 Å². The van der Waals surface area contributed by atoms with Gasteiger partial charge in [-0.2, -0.15) is 0 Å². The van der Waals surface area contributed by atoms with Gasteiger partial charge < -0.3 is 14.3 Å². The van der Waals surface area contributed by atoms with Gasteiger partial charge in [0.25, 0.3) is 0 Å². The van der Waals surface area contributed by atoms with Gasteiger partial charge in [-0.15, -0.1) is 0 Å². The van der Waals surface area contributed by atoms with Crippen molar-refractivity contribution in [1.29, 1.82) is 0 Å². The highest BCUT2D eigenvalue weighted by Crippen LogP contribution is 2.03. The second kappa shape index (κ2) is 3.92. The SMILES string of the molecule is COCCc1cc(=O)c(O)co1. The van der Waals surface area contributed by atoms with Crippen LogP contribution in [0.2, 0.25) is 0 Å². The van der Waals surface area contributed by atoms with Crippen molar-refractivity contribution in [3.05, 3.63) is 28.3 Å². The lowest BCUT2D eigenvalue weighted by Gasteiger charge is -1.97. The summed E-state index contributed by atoms with van der Waals surface area (Å²) in [5.41, 5.74) is -0.424. The first-order valence-electron chi connectivity index (χ1n) is 3.53. The summed E-state index contributed by atoms with van der Waals surface area (Å²) in [4.78, 5) is 10.9. The Morgan fingerprint density at radius 2 is 2.42 bits per heavy atom. The van der Waals surface area contributed by atoms with Crippen molar-refractivity contribution in [3.63, 3.8) is 0 Å². The average molecular weight is 170 g/mol. The summed E-state index contributed by atoms with van der Waals surface area (Å²) >= 11 is 0. The van der Waals surface area contributed by atoms with Crippen LogP contribution in [0.3, 0.4) is 0 Å². The molecule has 66 valence electrons. The zero-order chi connectivity index (χ0) is 8.97. The first-order chi connectivity index (χ1) is 5.74. The first kappa shape index (κ1) is 8.80. The standard InChI is InChI=1S/C8H10O4/c1-11-3-2-6-4-7(9)8(10)5-12-6/h4-5,10H,2-3H2,1H3. The summed E-state index contributed by atoms with van der Waals surface area (Å²) < 4.78 is 9.70. The molecule has 0 unspecified atom stereocenters. The molecule has 0 bridgehead atoms. The molecule has 1 aromatic heterocycles. The van der Waals surface area contributed by atoms with Gasteiger partial charge in [0.1, 0.15) is 12.0 Å². The number of hydrogen-bond donors (Lipinski definition) is 1. The third kappa shape index (κ3) is 2.10. The Morgan fingerprint density at radius 3 is 3.00 bits per heavy atom. The van der Waals surface area contributed by atoms with Gasteiger partial charge in [0.2, 0.25) is 5.43 Å². The maximum absolute atomic E-state index is 10.9. The molecule has 0 aromatic carbocycles. The fourth-order valence-corrected chi connectivity index (χ4v) is 0.778. The lowest BCUT2D eigenvalue weighted by Crippen LogP contribution is -2.02. The number of aromatic hydroxyl groups is 1. The largest absolute Gasteiger partial charge is 0.502 e. The van der Waals surface area contributed by atoms with E-state index in [0.717, 1.165) is 6.26 Å². The molecule has 0 radical (unpaired) electrons. The minimum Gasteiger partial charge on any atom is -0.502 e. The highest BCUT2D eigenvalue weighted by molar-refractivity contribution is 5.15. The Bertz CT molecular complexity index is 302. The van der Waals surface area contributed by atoms with Crippen LogP contribution < -0.4 is 5.43 Å². The third-order valence-electron chi connectivity index (χ3n) is 1.42. The molecular weight excluding hydrogens is 160 g/mol. The quantitative estimate of drug-likeness (QED) is 0.719.